The van der Waals surface area contributed by atoms with E-state index in [0.29, 0.717) is 12.5 Å². The van der Waals surface area contributed by atoms with Crippen molar-refractivity contribution in [1.82, 2.24) is 4.90 Å². The molecule has 1 aliphatic heterocycles. The van der Waals surface area contributed by atoms with Gasteiger partial charge in [-0.3, -0.25) is 4.90 Å². The molecule has 0 saturated carbocycles. The predicted octanol–water partition coefficient (Wildman–Crippen LogP) is 1.30. The molecule has 18 heavy (non-hydrogen) atoms. The maximum Gasteiger partial charge on any atom is 0.104 e. The van der Waals surface area contributed by atoms with Crippen LogP contribution in [0.3, 0.4) is 0 Å². The Kier molecular flexibility index (Phi) is 5.21. The minimum absolute atomic E-state index is 0.0857. The highest BCUT2D eigenvalue weighted by Crippen LogP contribution is 2.24. The first-order valence-corrected chi connectivity index (χ1v) is 7.20. The van der Waals surface area contributed by atoms with Crippen LogP contribution in [0.2, 0.25) is 0 Å². The van der Waals surface area contributed by atoms with Gasteiger partial charge in [0, 0.05) is 30.1 Å². The average molecular weight is 265 g/mol. The molecule has 0 spiro atoms. The lowest BCUT2D eigenvalue weighted by Gasteiger charge is -2.15. The molecule has 3 nitrogen and oxygen atoms in total. The number of rotatable bonds is 4. The Bertz CT molecular complexity index is 432. The monoisotopic (exact) mass is 265 g/mol. The summed E-state index contributed by atoms with van der Waals surface area (Å²) in [6.07, 6.45) is 2.10. The van der Waals surface area contributed by atoms with E-state index in [2.05, 4.69) is 22.1 Å². The minimum Gasteiger partial charge on any atom is -0.396 e. The molecule has 0 amide bonds. The van der Waals surface area contributed by atoms with Gasteiger partial charge in [-0.25, -0.2) is 0 Å². The molecule has 0 radical (unpaired) electrons. The zero-order valence-corrected chi connectivity index (χ0v) is 11.2. The molecule has 1 unspecified atom stereocenters. The van der Waals surface area contributed by atoms with Crippen molar-refractivity contribution in [2.45, 2.75) is 19.4 Å². The summed E-state index contributed by atoms with van der Waals surface area (Å²) in [4.78, 5) is 3.71. The van der Waals surface area contributed by atoms with Crippen molar-refractivity contribution >= 4 is 11.3 Å². The first-order chi connectivity index (χ1) is 8.83. The Labute approximate surface area is 112 Å². The summed E-state index contributed by atoms with van der Waals surface area (Å²) in [5, 5.41) is 19.7. The Balaban J connectivity index is 1.92. The lowest BCUT2D eigenvalue weighted by atomic mass is 10.1. The van der Waals surface area contributed by atoms with Crippen molar-refractivity contribution in [3.63, 3.8) is 0 Å². The second kappa shape index (κ2) is 6.91. The van der Waals surface area contributed by atoms with E-state index >= 15 is 0 Å². The number of aliphatic hydroxyl groups excluding tert-OH is 2. The van der Waals surface area contributed by atoms with Crippen molar-refractivity contribution in [3.05, 3.63) is 21.9 Å². The number of thiophene rings is 1. The van der Waals surface area contributed by atoms with E-state index in [-0.39, 0.29) is 6.61 Å². The molecule has 98 valence electrons. The molecule has 1 saturated heterocycles. The molecule has 1 aromatic rings. The van der Waals surface area contributed by atoms with Gasteiger partial charge < -0.3 is 10.2 Å². The molecular formula is C14H19NO2S. The Morgan fingerprint density at radius 1 is 1.44 bits per heavy atom. The van der Waals surface area contributed by atoms with E-state index in [0.717, 1.165) is 31.6 Å². The minimum atomic E-state index is -0.0857. The quantitative estimate of drug-likeness (QED) is 0.807. The van der Waals surface area contributed by atoms with Crippen molar-refractivity contribution in [2.75, 3.05) is 26.3 Å². The maximum absolute atomic E-state index is 8.95. The molecule has 2 heterocycles. The molecule has 0 aliphatic carbocycles. The van der Waals surface area contributed by atoms with E-state index in [1.807, 2.05) is 6.07 Å². The van der Waals surface area contributed by atoms with E-state index < -0.39 is 0 Å². The molecule has 1 atom stereocenters. The van der Waals surface area contributed by atoms with Gasteiger partial charge in [-0.2, -0.15) is 0 Å². The summed E-state index contributed by atoms with van der Waals surface area (Å²) in [7, 11) is 0. The molecular weight excluding hydrogens is 246 g/mol. The summed E-state index contributed by atoms with van der Waals surface area (Å²) in [6.45, 7) is 3.33. The van der Waals surface area contributed by atoms with E-state index in [1.54, 1.807) is 11.3 Å². The van der Waals surface area contributed by atoms with Crippen LogP contribution >= 0.6 is 11.3 Å². The molecule has 1 aliphatic rings. The summed E-state index contributed by atoms with van der Waals surface area (Å²) >= 11 is 1.73. The van der Waals surface area contributed by atoms with Crippen molar-refractivity contribution in [2.24, 2.45) is 5.92 Å². The molecule has 2 N–H and O–H groups in total. The number of likely N-dealkylation sites (tertiary alicyclic amines) is 1. The first kappa shape index (κ1) is 13.6. The fourth-order valence-corrected chi connectivity index (χ4v) is 3.26. The van der Waals surface area contributed by atoms with Crippen LogP contribution in [0.25, 0.3) is 0 Å². The molecule has 1 aromatic heterocycles. The van der Waals surface area contributed by atoms with Gasteiger partial charge in [-0.15, -0.1) is 11.3 Å². The highest BCUT2D eigenvalue weighted by atomic mass is 32.1. The third kappa shape index (κ3) is 3.56. The van der Waals surface area contributed by atoms with Gasteiger partial charge in [0.25, 0.3) is 0 Å². The zero-order chi connectivity index (χ0) is 12.8. The molecule has 0 aromatic carbocycles. The first-order valence-electron chi connectivity index (χ1n) is 6.32. The number of nitrogens with zero attached hydrogens (tertiary/aromatic N) is 1. The maximum atomic E-state index is 8.95. The van der Waals surface area contributed by atoms with Gasteiger partial charge in [-0.05, 0) is 36.8 Å². The zero-order valence-electron chi connectivity index (χ0n) is 10.4. The summed E-state index contributed by atoms with van der Waals surface area (Å²) in [6, 6.07) is 2.02. The second-order valence-corrected chi connectivity index (χ2v) is 5.62. The van der Waals surface area contributed by atoms with Gasteiger partial charge in [0.1, 0.15) is 6.61 Å². The second-order valence-electron chi connectivity index (χ2n) is 4.62. The van der Waals surface area contributed by atoms with Crippen molar-refractivity contribution in [1.29, 1.82) is 0 Å². The van der Waals surface area contributed by atoms with Crippen LogP contribution in [0.5, 0.6) is 0 Å². The normalized spacial score (nSPS) is 19.8. The Morgan fingerprint density at radius 2 is 2.33 bits per heavy atom. The van der Waals surface area contributed by atoms with Gasteiger partial charge in [-0.1, -0.05) is 11.8 Å². The van der Waals surface area contributed by atoms with Gasteiger partial charge in [0.15, 0.2) is 0 Å². The van der Waals surface area contributed by atoms with Crippen LogP contribution in [-0.2, 0) is 6.54 Å². The van der Waals surface area contributed by atoms with Crippen LogP contribution in [0.1, 0.15) is 23.3 Å². The van der Waals surface area contributed by atoms with Crippen LogP contribution in [0, 0.1) is 17.8 Å². The van der Waals surface area contributed by atoms with E-state index in [4.69, 9.17) is 10.2 Å². The lowest BCUT2D eigenvalue weighted by Crippen LogP contribution is -2.20. The Morgan fingerprint density at radius 3 is 3.11 bits per heavy atom. The van der Waals surface area contributed by atoms with Crippen LogP contribution < -0.4 is 0 Å². The largest absolute Gasteiger partial charge is 0.396 e. The molecule has 2 rings (SSSR count). The number of hydrogen-bond donors (Lipinski definition) is 2. The molecule has 4 heteroatoms. The third-order valence-electron chi connectivity index (χ3n) is 3.32. The van der Waals surface area contributed by atoms with E-state index in [1.165, 1.54) is 11.3 Å². The summed E-state index contributed by atoms with van der Waals surface area (Å²) in [5.41, 5.74) is 1.04. The third-order valence-corrected chi connectivity index (χ3v) is 4.23. The summed E-state index contributed by atoms with van der Waals surface area (Å²) in [5.74, 6) is 6.34. The molecule has 1 fully saturated rings. The van der Waals surface area contributed by atoms with Gasteiger partial charge in [0.05, 0.1) is 0 Å². The topological polar surface area (TPSA) is 43.7 Å². The highest BCUT2D eigenvalue weighted by Gasteiger charge is 2.22. The number of hydrogen-bond acceptors (Lipinski definition) is 4. The lowest BCUT2D eigenvalue weighted by molar-refractivity contribution is 0.250. The van der Waals surface area contributed by atoms with Gasteiger partial charge in [0.2, 0.25) is 0 Å². The number of aliphatic hydroxyl groups is 2. The Hall–Kier alpha value is -0.860. The van der Waals surface area contributed by atoms with E-state index in [9.17, 15) is 0 Å². The van der Waals surface area contributed by atoms with Crippen molar-refractivity contribution < 1.29 is 10.2 Å². The van der Waals surface area contributed by atoms with Crippen molar-refractivity contribution in [3.8, 4) is 11.8 Å². The van der Waals surface area contributed by atoms with Crippen LogP contribution in [-0.4, -0.2) is 41.4 Å². The highest BCUT2D eigenvalue weighted by molar-refractivity contribution is 7.10. The fourth-order valence-electron chi connectivity index (χ4n) is 2.39. The fraction of sp³-hybridized carbons (Fsp3) is 0.571. The predicted molar refractivity (Wildman–Crippen MR) is 73.4 cm³/mol. The molecule has 0 bridgehead atoms. The average Bonchev–Trinajstić information content (AvgIpc) is 2.98. The van der Waals surface area contributed by atoms with Gasteiger partial charge >= 0.3 is 0 Å². The SMILES string of the molecule is OCC#Cc1ccsc1CN1CCC(CCO)C1. The smallest absolute Gasteiger partial charge is 0.104 e. The van der Waals surface area contributed by atoms with Crippen LogP contribution in [0.15, 0.2) is 11.4 Å². The standard InChI is InChI=1S/C14H19NO2S/c16-7-1-2-13-5-9-18-14(13)11-15-6-3-12(10-15)4-8-17/h5,9,12,16-17H,3-4,6-8,10-11H2. The van der Waals surface area contributed by atoms with Crippen LogP contribution in [0.4, 0.5) is 0 Å². The summed E-state index contributed by atoms with van der Waals surface area (Å²) < 4.78 is 0.